The molecule has 0 saturated carbocycles. The molecule has 0 spiro atoms. The maximum Gasteiger partial charge on any atom is 0.336 e. The van der Waals surface area contributed by atoms with E-state index < -0.39 is 0 Å². The topological polar surface area (TPSA) is 137 Å². The normalized spacial score (nSPS) is 11.2. The maximum atomic E-state index is 12.1. The van der Waals surface area contributed by atoms with Gasteiger partial charge in [0, 0.05) is 61.0 Å². The molecule has 2 N–H and O–H groups in total. The van der Waals surface area contributed by atoms with E-state index in [-0.39, 0.29) is 23.1 Å². The molecule has 2 aromatic carbocycles. The lowest BCUT2D eigenvalue weighted by atomic mass is 10.1. The highest BCUT2D eigenvalue weighted by atomic mass is 16.5. The highest BCUT2D eigenvalue weighted by Gasteiger charge is 2.07. The van der Waals surface area contributed by atoms with Gasteiger partial charge in [-0.2, -0.15) is 0 Å². The first kappa shape index (κ1) is 43.1. The summed E-state index contributed by atoms with van der Waals surface area (Å²) in [4.78, 5) is 47.5. The van der Waals surface area contributed by atoms with Crippen molar-refractivity contribution >= 4 is 33.8 Å². The molecular formula is C45H62N2O8. The quantitative estimate of drug-likeness (QED) is 0.0432. The van der Waals surface area contributed by atoms with Crippen LogP contribution in [0.3, 0.4) is 0 Å². The van der Waals surface area contributed by atoms with Crippen LogP contribution >= 0.6 is 0 Å². The van der Waals surface area contributed by atoms with Gasteiger partial charge >= 0.3 is 11.3 Å². The zero-order valence-corrected chi connectivity index (χ0v) is 33.1. The second-order valence-electron chi connectivity index (χ2n) is 14.7. The van der Waals surface area contributed by atoms with Gasteiger partial charge in [0.1, 0.15) is 22.7 Å². The lowest BCUT2D eigenvalue weighted by Crippen LogP contribution is -2.29. The first-order chi connectivity index (χ1) is 26.8. The van der Waals surface area contributed by atoms with Crippen LogP contribution in [0.25, 0.3) is 21.9 Å². The van der Waals surface area contributed by atoms with Crippen molar-refractivity contribution < 1.29 is 27.9 Å². The van der Waals surface area contributed by atoms with Crippen LogP contribution in [-0.4, -0.2) is 38.1 Å². The van der Waals surface area contributed by atoms with E-state index in [2.05, 4.69) is 10.6 Å². The van der Waals surface area contributed by atoms with Crippen LogP contribution < -0.4 is 31.4 Å². The summed E-state index contributed by atoms with van der Waals surface area (Å²) in [5.41, 5.74) is 2.25. The number of carbonyl (C=O) groups excluding carboxylic acids is 2. The number of rotatable bonds is 28. The minimum Gasteiger partial charge on any atom is -0.493 e. The van der Waals surface area contributed by atoms with E-state index in [0.717, 1.165) is 104 Å². The summed E-state index contributed by atoms with van der Waals surface area (Å²) in [7, 11) is 0. The second kappa shape index (κ2) is 24.7. The van der Waals surface area contributed by atoms with E-state index in [1.54, 1.807) is 12.1 Å². The van der Waals surface area contributed by atoms with Gasteiger partial charge in [0.2, 0.25) is 11.8 Å². The van der Waals surface area contributed by atoms with Crippen molar-refractivity contribution in [3.05, 3.63) is 80.5 Å². The zero-order valence-electron chi connectivity index (χ0n) is 33.1. The van der Waals surface area contributed by atoms with Crippen molar-refractivity contribution in [1.82, 2.24) is 10.6 Å². The lowest BCUT2D eigenvalue weighted by molar-refractivity contribution is -0.121. The van der Waals surface area contributed by atoms with E-state index in [1.165, 1.54) is 50.7 Å². The monoisotopic (exact) mass is 758 g/mol. The van der Waals surface area contributed by atoms with Crippen molar-refractivity contribution in [2.24, 2.45) is 0 Å². The molecule has 10 nitrogen and oxygen atoms in total. The van der Waals surface area contributed by atoms with Gasteiger partial charge in [-0.25, -0.2) is 9.59 Å². The minimum absolute atomic E-state index is 0.0942. The summed E-state index contributed by atoms with van der Waals surface area (Å²) < 4.78 is 22.3. The number of unbranched alkanes of at least 4 members (excludes halogenated alkanes) is 14. The fourth-order valence-electron chi connectivity index (χ4n) is 6.79. The predicted octanol–water partition coefficient (Wildman–Crippen LogP) is 9.62. The maximum absolute atomic E-state index is 12.1. The van der Waals surface area contributed by atoms with Crippen molar-refractivity contribution in [2.75, 3.05) is 26.3 Å². The fourth-order valence-corrected chi connectivity index (χ4v) is 6.79. The second-order valence-corrected chi connectivity index (χ2v) is 14.7. The third-order valence-electron chi connectivity index (χ3n) is 9.98. The van der Waals surface area contributed by atoms with Gasteiger partial charge in [-0.15, -0.1) is 0 Å². The van der Waals surface area contributed by atoms with Crippen LogP contribution in [0.2, 0.25) is 0 Å². The molecule has 4 aromatic rings. The van der Waals surface area contributed by atoms with Crippen LogP contribution in [0.4, 0.5) is 0 Å². The molecule has 0 aliphatic carbocycles. The van der Waals surface area contributed by atoms with Gasteiger partial charge < -0.3 is 28.9 Å². The van der Waals surface area contributed by atoms with Crippen LogP contribution in [0.15, 0.2) is 67.0 Å². The van der Waals surface area contributed by atoms with E-state index in [1.807, 2.05) is 38.1 Å². The van der Waals surface area contributed by atoms with Crippen LogP contribution in [-0.2, 0) is 9.59 Å². The van der Waals surface area contributed by atoms with Crippen molar-refractivity contribution in [3.63, 3.8) is 0 Å². The molecule has 2 aromatic heterocycles. The molecule has 4 rings (SSSR count). The number of benzene rings is 2. The molecule has 0 radical (unpaired) electrons. The summed E-state index contributed by atoms with van der Waals surface area (Å²) in [6.07, 6.45) is 19.4. The Kier molecular flexibility index (Phi) is 19.4. The average molecular weight is 759 g/mol. The van der Waals surface area contributed by atoms with E-state index in [4.69, 9.17) is 18.3 Å². The molecule has 2 heterocycles. The Morgan fingerprint density at radius 2 is 0.855 bits per heavy atom. The predicted molar refractivity (Wildman–Crippen MR) is 219 cm³/mol. The SMILES string of the molecule is Cc1cc(=O)oc2cc(OCCCCCCCCCCC(=O)NCCCNC(=O)CCCCCCCCCCOc3ccc4c(C)cc(=O)oc4c3)ccc12. The number of amides is 2. The zero-order chi connectivity index (χ0) is 39.1. The summed E-state index contributed by atoms with van der Waals surface area (Å²) in [6.45, 7) is 6.27. The Balaban J connectivity index is 0.850. The van der Waals surface area contributed by atoms with E-state index in [0.29, 0.717) is 50.3 Å². The Morgan fingerprint density at radius 1 is 0.491 bits per heavy atom. The number of fused-ring (bicyclic) bond motifs is 2. The first-order valence-electron chi connectivity index (χ1n) is 20.7. The molecule has 0 unspecified atom stereocenters. The van der Waals surface area contributed by atoms with Gasteiger partial charge in [0.15, 0.2) is 0 Å². The highest BCUT2D eigenvalue weighted by molar-refractivity contribution is 5.82. The van der Waals surface area contributed by atoms with Gasteiger partial charge in [-0.05, 0) is 81.3 Å². The van der Waals surface area contributed by atoms with Gasteiger partial charge in [0.25, 0.3) is 0 Å². The van der Waals surface area contributed by atoms with E-state index in [9.17, 15) is 19.2 Å². The number of carbonyl (C=O) groups is 2. The molecular weight excluding hydrogens is 697 g/mol. The number of hydrogen-bond acceptors (Lipinski definition) is 8. The Hall–Kier alpha value is -4.60. The number of ether oxygens (including phenoxy) is 2. The molecule has 0 aliphatic heterocycles. The Morgan fingerprint density at radius 3 is 1.25 bits per heavy atom. The molecule has 0 saturated heterocycles. The first-order valence-corrected chi connectivity index (χ1v) is 20.7. The van der Waals surface area contributed by atoms with Gasteiger partial charge in [-0.3, -0.25) is 9.59 Å². The smallest absolute Gasteiger partial charge is 0.336 e. The summed E-state index contributed by atoms with van der Waals surface area (Å²) in [6, 6.07) is 14.3. The third kappa shape index (κ3) is 16.8. The molecule has 55 heavy (non-hydrogen) atoms. The fraction of sp³-hybridized carbons (Fsp3) is 0.556. The summed E-state index contributed by atoms with van der Waals surface area (Å²) in [5, 5.41) is 7.81. The Bertz CT molecular complexity index is 1750. The molecule has 0 fully saturated rings. The molecule has 0 atom stereocenters. The summed E-state index contributed by atoms with van der Waals surface area (Å²) >= 11 is 0. The minimum atomic E-state index is -0.342. The lowest BCUT2D eigenvalue weighted by Gasteiger charge is -2.08. The number of nitrogens with one attached hydrogen (secondary N) is 2. The molecule has 10 heteroatoms. The third-order valence-corrected chi connectivity index (χ3v) is 9.98. The van der Waals surface area contributed by atoms with Crippen molar-refractivity contribution in [3.8, 4) is 11.5 Å². The van der Waals surface area contributed by atoms with E-state index >= 15 is 0 Å². The number of aryl methyl sites for hydroxylation is 2. The highest BCUT2D eigenvalue weighted by Crippen LogP contribution is 2.24. The summed E-state index contributed by atoms with van der Waals surface area (Å²) in [5.74, 6) is 1.64. The molecule has 0 bridgehead atoms. The molecule has 0 aliphatic rings. The largest absolute Gasteiger partial charge is 0.493 e. The van der Waals surface area contributed by atoms with Crippen molar-refractivity contribution in [1.29, 1.82) is 0 Å². The van der Waals surface area contributed by atoms with Crippen LogP contribution in [0.5, 0.6) is 11.5 Å². The molecule has 300 valence electrons. The van der Waals surface area contributed by atoms with Crippen molar-refractivity contribution in [2.45, 2.75) is 136 Å². The van der Waals surface area contributed by atoms with Gasteiger partial charge in [-0.1, -0.05) is 77.0 Å². The Labute approximate surface area is 325 Å². The standard InChI is InChI=1S/C45H62N2O8/c1-34-30-44(50)54-40-32-36(22-24-38(34)40)52-28-17-13-9-5-3-7-11-15-20-42(48)46-26-19-27-47-43(49)21-16-12-8-4-6-10-14-18-29-53-37-23-25-39-35(2)31-45(51)55-41(39)33-37/h22-25,30-33H,3-21,26-29H2,1-2H3,(H,46,48)(H,47,49). The van der Waals surface area contributed by atoms with Gasteiger partial charge in [0.05, 0.1) is 13.2 Å². The van der Waals surface area contributed by atoms with Crippen LogP contribution in [0.1, 0.15) is 133 Å². The average Bonchev–Trinajstić information content (AvgIpc) is 3.15. The molecule has 2 amide bonds. The van der Waals surface area contributed by atoms with Crippen LogP contribution in [0, 0.1) is 13.8 Å². The number of hydrogen-bond donors (Lipinski definition) is 2.